The van der Waals surface area contributed by atoms with Crippen LogP contribution in [0.5, 0.6) is 0 Å². The number of hydrogen-bond acceptors (Lipinski definition) is 5. The van der Waals surface area contributed by atoms with Crippen LogP contribution in [-0.2, 0) is 16.1 Å². The zero-order chi connectivity index (χ0) is 22.0. The van der Waals surface area contributed by atoms with E-state index < -0.39 is 12.1 Å². The van der Waals surface area contributed by atoms with E-state index in [0.29, 0.717) is 13.0 Å². The topological polar surface area (TPSA) is 94.6 Å². The minimum Gasteiger partial charge on any atom is -0.324 e. The number of rotatable bonds is 5. The summed E-state index contributed by atoms with van der Waals surface area (Å²) < 4.78 is 0. The van der Waals surface area contributed by atoms with Crippen LogP contribution in [-0.4, -0.2) is 57.8 Å². The predicted octanol–water partition coefficient (Wildman–Crippen LogP) is 2.22. The molecule has 4 rings (SSSR count). The molecular weight excluding hydrogens is 394 g/mol. The van der Waals surface area contributed by atoms with Crippen LogP contribution in [0.15, 0.2) is 42.7 Å². The second-order valence-electron chi connectivity index (χ2n) is 8.20. The molecule has 8 nitrogen and oxygen atoms in total. The first kappa shape index (κ1) is 21.0. The predicted molar refractivity (Wildman–Crippen MR) is 116 cm³/mol. The maximum atomic E-state index is 13.3. The van der Waals surface area contributed by atoms with Gasteiger partial charge in [0.05, 0.1) is 12.6 Å². The Bertz CT molecular complexity index is 994. The molecule has 0 radical (unpaired) electrons. The van der Waals surface area contributed by atoms with Gasteiger partial charge in [0.1, 0.15) is 12.6 Å². The second kappa shape index (κ2) is 8.85. The van der Waals surface area contributed by atoms with Gasteiger partial charge in [0, 0.05) is 18.1 Å². The lowest BCUT2D eigenvalue weighted by Gasteiger charge is -2.46. The Morgan fingerprint density at radius 3 is 2.84 bits per heavy atom. The summed E-state index contributed by atoms with van der Waals surface area (Å²) in [5.41, 5.74) is 3.56. The molecule has 2 atom stereocenters. The minimum atomic E-state index is -0.503. The number of benzene rings is 1. The van der Waals surface area contributed by atoms with Gasteiger partial charge in [0.2, 0.25) is 11.8 Å². The smallest absolute Gasteiger partial charge is 0.324 e. The molecule has 2 saturated heterocycles. The van der Waals surface area contributed by atoms with Crippen molar-refractivity contribution in [2.24, 2.45) is 0 Å². The van der Waals surface area contributed by atoms with Crippen molar-refractivity contribution < 1.29 is 14.4 Å². The molecule has 2 fully saturated rings. The quantitative estimate of drug-likeness (QED) is 0.772. The number of imide groups is 1. The van der Waals surface area contributed by atoms with E-state index in [1.165, 1.54) is 9.80 Å². The lowest BCUT2D eigenvalue weighted by Crippen LogP contribution is -2.70. The number of pyridine rings is 1. The van der Waals surface area contributed by atoms with Crippen molar-refractivity contribution in [1.82, 2.24) is 20.1 Å². The number of urea groups is 1. The van der Waals surface area contributed by atoms with E-state index in [4.69, 9.17) is 0 Å². The van der Waals surface area contributed by atoms with Gasteiger partial charge in [-0.3, -0.25) is 19.5 Å². The van der Waals surface area contributed by atoms with Gasteiger partial charge in [0.15, 0.2) is 0 Å². The Balaban J connectivity index is 1.54. The van der Waals surface area contributed by atoms with Gasteiger partial charge in [-0.1, -0.05) is 23.8 Å². The average Bonchev–Trinajstić information content (AvgIpc) is 2.77. The molecule has 2 aromatic rings. The van der Waals surface area contributed by atoms with Crippen LogP contribution >= 0.6 is 0 Å². The summed E-state index contributed by atoms with van der Waals surface area (Å²) in [4.78, 5) is 46.0. The van der Waals surface area contributed by atoms with Gasteiger partial charge in [0.25, 0.3) is 0 Å². The largest absolute Gasteiger partial charge is 0.327 e. The van der Waals surface area contributed by atoms with Crippen LogP contribution in [0.3, 0.4) is 0 Å². The van der Waals surface area contributed by atoms with Gasteiger partial charge in [-0.05, 0) is 56.5 Å². The second-order valence-corrected chi connectivity index (χ2v) is 8.20. The van der Waals surface area contributed by atoms with Crippen LogP contribution in [0.1, 0.15) is 29.5 Å². The molecule has 31 heavy (non-hydrogen) atoms. The fourth-order valence-electron chi connectivity index (χ4n) is 4.32. The van der Waals surface area contributed by atoms with Crippen molar-refractivity contribution in [3.05, 3.63) is 59.4 Å². The normalized spacial score (nSPS) is 21.1. The SMILES string of the molecule is Cc1ccc(NC(=O)CN2C(=O)N(Cc3cccnc3)C(=O)C3NCCCC32)c(C)c1. The van der Waals surface area contributed by atoms with Crippen molar-refractivity contribution in [1.29, 1.82) is 0 Å². The summed E-state index contributed by atoms with van der Waals surface area (Å²) in [5.74, 6) is -0.523. The van der Waals surface area contributed by atoms with Gasteiger partial charge < -0.3 is 15.5 Å². The molecule has 3 heterocycles. The van der Waals surface area contributed by atoms with E-state index in [9.17, 15) is 14.4 Å². The highest BCUT2D eigenvalue weighted by Crippen LogP contribution is 2.26. The Kier molecular flexibility index (Phi) is 5.99. The number of fused-ring (bicyclic) bond motifs is 1. The Morgan fingerprint density at radius 1 is 1.26 bits per heavy atom. The molecular formula is C23H27N5O3. The van der Waals surface area contributed by atoms with Crippen molar-refractivity contribution in [2.75, 3.05) is 18.4 Å². The minimum absolute atomic E-state index is 0.105. The third-order valence-electron chi connectivity index (χ3n) is 5.87. The summed E-state index contributed by atoms with van der Waals surface area (Å²) in [6.07, 6.45) is 4.82. The highest BCUT2D eigenvalue weighted by molar-refractivity contribution is 6.03. The zero-order valence-corrected chi connectivity index (χ0v) is 17.8. The van der Waals surface area contributed by atoms with Crippen LogP contribution in [0.25, 0.3) is 0 Å². The van der Waals surface area contributed by atoms with E-state index in [0.717, 1.165) is 28.8 Å². The Morgan fingerprint density at radius 2 is 2.10 bits per heavy atom. The van der Waals surface area contributed by atoms with Crippen LogP contribution in [0.4, 0.5) is 10.5 Å². The van der Waals surface area contributed by atoms with Crippen molar-refractivity contribution in [2.45, 2.75) is 45.3 Å². The number of amides is 4. The number of aryl methyl sites for hydroxylation is 2. The molecule has 0 bridgehead atoms. The molecule has 162 valence electrons. The molecule has 0 aliphatic carbocycles. The van der Waals surface area contributed by atoms with E-state index in [2.05, 4.69) is 15.6 Å². The van der Waals surface area contributed by atoms with E-state index in [1.807, 2.05) is 38.1 Å². The number of hydrogen-bond donors (Lipinski definition) is 2. The highest BCUT2D eigenvalue weighted by Gasteiger charge is 2.47. The summed E-state index contributed by atoms with van der Waals surface area (Å²) in [6.45, 7) is 4.67. The molecule has 2 N–H and O–H groups in total. The number of anilines is 1. The Hall–Kier alpha value is -3.26. The number of carbonyl (C=O) groups excluding carboxylic acids is 3. The average molecular weight is 422 g/mol. The molecule has 4 amide bonds. The first-order chi connectivity index (χ1) is 14.9. The number of aromatic nitrogens is 1. The van der Waals surface area contributed by atoms with Crippen LogP contribution in [0, 0.1) is 13.8 Å². The lowest BCUT2D eigenvalue weighted by atomic mass is 9.93. The van der Waals surface area contributed by atoms with E-state index in [1.54, 1.807) is 18.5 Å². The molecule has 0 saturated carbocycles. The summed E-state index contributed by atoms with van der Waals surface area (Å²) in [7, 11) is 0. The molecule has 2 aliphatic rings. The molecule has 1 aromatic carbocycles. The molecule has 1 aromatic heterocycles. The first-order valence-electron chi connectivity index (χ1n) is 10.6. The van der Waals surface area contributed by atoms with Gasteiger partial charge in [-0.2, -0.15) is 0 Å². The summed E-state index contributed by atoms with van der Waals surface area (Å²) >= 11 is 0. The van der Waals surface area contributed by atoms with Crippen LogP contribution < -0.4 is 10.6 Å². The third kappa shape index (κ3) is 4.44. The maximum absolute atomic E-state index is 13.3. The van der Waals surface area contributed by atoms with Crippen molar-refractivity contribution in [3.63, 3.8) is 0 Å². The highest BCUT2D eigenvalue weighted by atomic mass is 16.2. The number of nitrogens with zero attached hydrogens (tertiary/aromatic N) is 3. The number of carbonyl (C=O) groups is 3. The standard InChI is InChI=1S/C23H27N5O3/c1-15-7-8-18(16(2)11-15)26-20(29)14-27-19-6-4-10-25-21(19)22(30)28(23(27)31)13-17-5-3-9-24-12-17/h3,5,7-9,11-12,19,21,25H,4,6,10,13-14H2,1-2H3,(H,26,29). The number of nitrogens with one attached hydrogen (secondary N) is 2. The van der Waals surface area contributed by atoms with Gasteiger partial charge in [-0.25, -0.2) is 4.79 Å². The van der Waals surface area contributed by atoms with E-state index in [-0.39, 0.29) is 30.9 Å². The first-order valence-corrected chi connectivity index (χ1v) is 10.6. The Labute approximate surface area is 181 Å². The molecule has 2 aliphatic heterocycles. The summed E-state index contributed by atoms with van der Waals surface area (Å²) in [6, 6.07) is 8.12. The fraction of sp³-hybridized carbons (Fsp3) is 0.391. The van der Waals surface area contributed by atoms with Crippen molar-refractivity contribution in [3.8, 4) is 0 Å². The summed E-state index contributed by atoms with van der Waals surface area (Å²) in [5, 5.41) is 6.15. The fourth-order valence-corrected chi connectivity index (χ4v) is 4.32. The monoisotopic (exact) mass is 421 g/mol. The number of piperidine rings is 1. The lowest BCUT2D eigenvalue weighted by molar-refractivity contribution is -0.138. The third-order valence-corrected chi connectivity index (χ3v) is 5.87. The molecule has 0 spiro atoms. The zero-order valence-electron chi connectivity index (χ0n) is 17.8. The molecule has 8 heteroatoms. The van der Waals surface area contributed by atoms with Crippen molar-refractivity contribution >= 4 is 23.5 Å². The van der Waals surface area contributed by atoms with E-state index >= 15 is 0 Å². The van der Waals surface area contributed by atoms with Gasteiger partial charge in [-0.15, -0.1) is 0 Å². The maximum Gasteiger partial charge on any atom is 0.327 e. The van der Waals surface area contributed by atoms with Gasteiger partial charge >= 0.3 is 6.03 Å². The molecule has 2 unspecified atom stereocenters. The van der Waals surface area contributed by atoms with Crippen LogP contribution in [0.2, 0.25) is 0 Å².